The summed E-state index contributed by atoms with van der Waals surface area (Å²) in [5.41, 5.74) is 3.78. The molecule has 28 heavy (non-hydrogen) atoms. The van der Waals surface area contributed by atoms with E-state index >= 15 is 0 Å². The lowest BCUT2D eigenvalue weighted by Gasteiger charge is -2.17. The zero-order valence-corrected chi connectivity index (χ0v) is 16.4. The quantitative estimate of drug-likeness (QED) is 0.741. The first kappa shape index (κ1) is 17.5. The van der Waals surface area contributed by atoms with Gasteiger partial charge in [-0.2, -0.15) is 4.31 Å². The normalized spacial score (nSPS) is 19.9. The predicted octanol–water partition coefficient (Wildman–Crippen LogP) is 2.85. The van der Waals surface area contributed by atoms with Gasteiger partial charge in [-0.3, -0.25) is 4.79 Å². The third-order valence-corrected chi connectivity index (χ3v) is 7.76. The third-order valence-electron chi connectivity index (χ3n) is 5.90. The molecule has 0 spiro atoms. The second-order valence-corrected chi connectivity index (χ2v) is 9.52. The fourth-order valence-corrected chi connectivity index (χ4v) is 5.96. The molecule has 0 radical (unpaired) electrons. The van der Waals surface area contributed by atoms with Crippen LogP contribution in [-0.4, -0.2) is 36.3 Å². The number of fused-ring (bicyclic) bond motifs is 2. The maximum atomic E-state index is 13.2. The number of carbonyl (C=O) groups excluding carboxylic acids is 1. The van der Waals surface area contributed by atoms with Crippen molar-refractivity contribution in [1.82, 2.24) is 8.87 Å². The molecule has 2 aromatic carbocycles. The highest BCUT2D eigenvalue weighted by Gasteiger charge is 2.35. The van der Waals surface area contributed by atoms with Crippen molar-refractivity contribution < 1.29 is 13.2 Å². The van der Waals surface area contributed by atoms with Gasteiger partial charge in [-0.15, -0.1) is 0 Å². The van der Waals surface area contributed by atoms with Crippen molar-refractivity contribution in [3.05, 3.63) is 59.8 Å². The van der Waals surface area contributed by atoms with Crippen LogP contribution in [0.25, 0.3) is 10.9 Å². The molecule has 2 aliphatic heterocycles. The van der Waals surface area contributed by atoms with Crippen LogP contribution in [0.3, 0.4) is 0 Å². The van der Waals surface area contributed by atoms with Crippen LogP contribution in [0.4, 0.5) is 5.69 Å². The number of amides is 1. The van der Waals surface area contributed by atoms with Crippen molar-refractivity contribution >= 4 is 32.5 Å². The first-order valence-corrected chi connectivity index (χ1v) is 10.8. The number of nitrogens with zero attached hydrogens (tertiary/aromatic N) is 2. The molecule has 6 nitrogen and oxygen atoms in total. The van der Waals surface area contributed by atoms with Gasteiger partial charge in [0.25, 0.3) is 0 Å². The van der Waals surface area contributed by atoms with Crippen molar-refractivity contribution in [3.8, 4) is 0 Å². The van der Waals surface area contributed by atoms with E-state index < -0.39 is 10.0 Å². The molecular weight excluding hydrogens is 374 g/mol. The van der Waals surface area contributed by atoms with Crippen molar-refractivity contribution in [2.75, 3.05) is 18.4 Å². The predicted molar refractivity (Wildman–Crippen MR) is 108 cm³/mol. The van der Waals surface area contributed by atoms with Gasteiger partial charge in [0.05, 0.1) is 11.3 Å². The van der Waals surface area contributed by atoms with Crippen LogP contribution in [0, 0.1) is 0 Å². The van der Waals surface area contributed by atoms with Crippen LogP contribution in [0.5, 0.6) is 0 Å². The minimum Gasteiger partial charge on any atom is -0.347 e. The Morgan fingerprint density at radius 3 is 2.75 bits per heavy atom. The van der Waals surface area contributed by atoms with Gasteiger partial charge in [0.15, 0.2) is 0 Å². The average Bonchev–Trinajstić information content (AvgIpc) is 3.38. The second-order valence-electron chi connectivity index (χ2n) is 7.58. The van der Waals surface area contributed by atoms with E-state index in [1.165, 1.54) is 11.1 Å². The number of aromatic nitrogens is 1. The average molecular weight is 395 g/mol. The zero-order chi connectivity index (χ0) is 19.5. The van der Waals surface area contributed by atoms with E-state index in [9.17, 15) is 13.2 Å². The Labute approximate surface area is 163 Å². The van der Waals surface area contributed by atoms with Gasteiger partial charge in [-0.25, -0.2) is 8.42 Å². The zero-order valence-electron chi connectivity index (χ0n) is 15.6. The van der Waals surface area contributed by atoms with Crippen molar-refractivity contribution in [1.29, 1.82) is 0 Å². The summed E-state index contributed by atoms with van der Waals surface area (Å²) < 4.78 is 30.1. The standard InChI is InChI=1S/C21H21N3O3S/c1-23-19-5-3-2-4-14(19)11-20(23)15-8-9-24(13-15)28(26,27)17-6-7-18-16(10-17)12-21(25)22-18/h2-7,10-11,15H,8-9,12-13H2,1H3,(H,22,25). The molecule has 3 aromatic rings. The van der Waals surface area contributed by atoms with E-state index in [0.717, 1.165) is 17.5 Å². The lowest BCUT2D eigenvalue weighted by atomic mass is 10.1. The Hall–Kier alpha value is -2.64. The molecule has 1 N–H and O–H groups in total. The Bertz CT molecular complexity index is 1210. The highest BCUT2D eigenvalue weighted by atomic mass is 32.2. The largest absolute Gasteiger partial charge is 0.347 e. The Balaban J connectivity index is 1.43. The molecule has 1 atom stereocenters. The monoisotopic (exact) mass is 395 g/mol. The van der Waals surface area contributed by atoms with Crippen LogP contribution in [0.15, 0.2) is 53.4 Å². The summed E-state index contributed by atoms with van der Waals surface area (Å²) in [5, 5.41) is 3.92. The topological polar surface area (TPSA) is 71.4 Å². The molecule has 7 heteroatoms. The molecule has 1 aromatic heterocycles. The highest BCUT2D eigenvalue weighted by molar-refractivity contribution is 7.89. The van der Waals surface area contributed by atoms with Gasteiger partial charge in [0.1, 0.15) is 0 Å². The number of rotatable bonds is 3. The third kappa shape index (κ3) is 2.65. The molecule has 2 aliphatic rings. The summed E-state index contributed by atoms with van der Waals surface area (Å²) in [4.78, 5) is 11.8. The molecule has 5 rings (SSSR count). The molecular formula is C21H21N3O3S. The number of nitrogens with one attached hydrogen (secondary N) is 1. The number of carbonyl (C=O) groups is 1. The van der Waals surface area contributed by atoms with Crippen LogP contribution in [0.2, 0.25) is 0 Å². The molecule has 1 saturated heterocycles. The van der Waals surface area contributed by atoms with Crippen LogP contribution in [-0.2, 0) is 28.3 Å². The molecule has 0 bridgehead atoms. The minimum absolute atomic E-state index is 0.0958. The van der Waals surface area contributed by atoms with Crippen molar-refractivity contribution in [3.63, 3.8) is 0 Å². The van der Waals surface area contributed by atoms with Gasteiger partial charge in [0, 0.05) is 43.0 Å². The summed E-state index contributed by atoms with van der Waals surface area (Å²) in [6, 6.07) is 15.3. The molecule has 1 unspecified atom stereocenters. The van der Waals surface area contributed by atoms with Gasteiger partial charge in [-0.1, -0.05) is 18.2 Å². The fraction of sp³-hybridized carbons (Fsp3) is 0.286. The van der Waals surface area contributed by atoms with E-state index in [1.807, 2.05) is 19.2 Å². The maximum absolute atomic E-state index is 13.2. The number of anilines is 1. The Kier molecular flexibility index (Phi) is 3.86. The molecule has 1 fully saturated rings. The van der Waals surface area contributed by atoms with E-state index in [-0.39, 0.29) is 23.1 Å². The second kappa shape index (κ2) is 6.18. The minimum atomic E-state index is -3.58. The van der Waals surface area contributed by atoms with Crippen LogP contribution < -0.4 is 5.32 Å². The van der Waals surface area contributed by atoms with Gasteiger partial charge in [-0.05, 0) is 47.7 Å². The van der Waals surface area contributed by atoms with Crippen LogP contribution >= 0.6 is 0 Å². The van der Waals surface area contributed by atoms with E-state index in [1.54, 1.807) is 22.5 Å². The summed E-state index contributed by atoms with van der Waals surface area (Å²) in [5.74, 6) is 0.0754. The van der Waals surface area contributed by atoms with Gasteiger partial charge < -0.3 is 9.88 Å². The van der Waals surface area contributed by atoms with Crippen LogP contribution in [0.1, 0.15) is 23.6 Å². The summed E-state index contributed by atoms with van der Waals surface area (Å²) in [6.45, 7) is 0.976. The van der Waals surface area contributed by atoms with Crippen molar-refractivity contribution in [2.45, 2.75) is 23.7 Å². The Morgan fingerprint density at radius 2 is 1.93 bits per heavy atom. The van der Waals surface area contributed by atoms with Gasteiger partial charge >= 0.3 is 0 Å². The SMILES string of the molecule is Cn1c(C2CCN(S(=O)(=O)c3ccc4c(c3)CC(=O)N4)C2)cc2ccccc21. The number of aryl methyl sites for hydroxylation is 1. The molecule has 144 valence electrons. The molecule has 0 saturated carbocycles. The fourth-order valence-electron chi connectivity index (χ4n) is 4.41. The summed E-state index contributed by atoms with van der Waals surface area (Å²) in [6.07, 6.45) is 1.03. The number of hydrogen-bond donors (Lipinski definition) is 1. The highest BCUT2D eigenvalue weighted by Crippen LogP contribution is 2.35. The summed E-state index contributed by atoms with van der Waals surface area (Å²) >= 11 is 0. The van der Waals surface area contributed by atoms with E-state index in [0.29, 0.717) is 18.8 Å². The van der Waals surface area contributed by atoms with E-state index in [4.69, 9.17) is 0 Å². The first-order valence-electron chi connectivity index (χ1n) is 9.41. The summed E-state index contributed by atoms with van der Waals surface area (Å²) in [7, 11) is -1.54. The number of benzene rings is 2. The molecule has 3 heterocycles. The van der Waals surface area contributed by atoms with E-state index in [2.05, 4.69) is 28.1 Å². The molecule has 1 amide bonds. The number of hydrogen-bond acceptors (Lipinski definition) is 3. The Morgan fingerprint density at radius 1 is 1.11 bits per heavy atom. The maximum Gasteiger partial charge on any atom is 0.243 e. The van der Waals surface area contributed by atoms with Crippen molar-refractivity contribution in [2.24, 2.45) is 7.05 Å². The van der Waals surface area contributed by atoms with Gasteiger partial charge in [0.2, 0.25) is 15.9 Å². The molecule has 0 aliphatic carbocycles. The number of sulfonamides is 1. The smallest absolute Gasteiger partial charge is 0.243 e. The lowest BCUT2D eigenvalue weighted by molar-refractivity contribution is -0.115. The number of para-hydroxylation sites is 1. The lowest BCUT2D eigenvalue weighted by Crippen LogP contribution is -2.28. The first-order chi connectivity index (χ1) is 13.4.